The average Bonchev–Trinajstić information content (AvgIpc) is 3.33. The first-order chi connectivity index (χ1) is 15.1. The number of hydrogen-bond acceptors (Lipinski definition) is 7. The van der Waals surface area contributed by atoms with Gasteiger partial charge in [-0.15, -0.1) is 10.2 Å². The van der Waals surface area contributed by atoms with E-state index >= 15 is 0 Å². The van der Waals surface area contributed by atoms with E-state index in [0.29, 0.717) is 11.9 Å². The summed E-state index contributed by atoms with van der Waals surface area (Å²) in [6, 6.07) is 12.0. The molecular weight excluding hydrogens is 412 g/mol. The molecule has 0 bridgehead atoms. The van der Waals surface area contributed by atoms with E-state index in [1.165, 1.54) is 32.5 Å². The van der Waals surface area contributed by atoms with Crippen LogP contribution in [0, 0.1) is 17.8 Å². The van der Waals surface area contributed by atoms with E-state index in [9.17, 15) is 8.42 Å². The van der Waals surface area contributed by atoms with Crippen LogP contribution in [0.25, 0.3) is 0 Å². The number of likely N-dealkylation sites (tertiary alicyclic amines) is 1. The number of sulfone groups is 1. The molecule has 1 saturated carbocycles. The molecule has 1 N–H and O–H groups in total. The normalized spacial score (nSPS) is 27.3. The van der Waals surface area contributed by atoms with Gasteiger partial charge in [-0.25, -0.2) is 8.42 Å². The van der Waals surface area contributed by atoms with Crippen LogP contribution in [-0.4, -0.2) is 62.4 Å². The van der Waals surface area contributed by atoms with E-state index in [-0.39, 0.29) is 9.92 Å². The maximum atomic E-state index is 12.7. The van der Waals surface area contributed by atoms with Gasteiger partial charge in [0.15, 0.2) is 5.03 Å². The molecule has 0 radical (unpaired) electrons. The third-order valence-electron chi connectivity index (χ3n) is 7.00. The second-order valence-corrected chi connectivity index (χ2v) is 11.1. The molecule has 0 spiro atoms. The van der Waals surface area contributed by atoms with Gasteiger partial charge in [0.1, 0.15) is 5.82 Å². The van der Waals surface area contributed by atoms with Gasteiger partial charge in [0.05, 0.1) is 4.90 Å². The van der Waals surface area contributed by atoms with Gasteiger partial charge in [-0.2, -0.15) is 0 Å². The summed E-state index contributed by atoms with van der Waals surface area (Å²) >= 11 is 0. The maximum absolute atomic E-state index is 12.7. The summed E-state index contributed by atoms with van der Waals surface area (Å²) in [5.74, 6) is 2.92. The van der Waals surface area contributed by atoms with Crippen LogP contribution < -0.4 is 5.32 Å². The standard InChI is InChI=1S/C23H30N4O3S/c28-31(29,21-4-2-1-3-5-21)23-7-6-22(25-26-23)24-20-12-18-15-27(16-19(18)13-20)14-17-8-10-30-11-9-17/h1-7,17-20H,8-16H2,(H,24,25)/t18-,19+,20-. The summed E-state index contributed by atoms with van der Waals surface area (Å²) in [4.78, 5) is 2.89. The van der Waals surface area contributed by atoms with E-state index in [2.05, 4.69) is 20.4 Å². The summed E-state index contributed by atoms with van der Waals surface area (Å²) in [6.07, 6.45) is 4.68. The van der Waals surface area contributed by atoms with Crippen LogP contribution in [-0.2, 0) is 14.6 Å². The Labute approximate surface area is 184 Å². The van der Waals surface area contributed by atoms with Gasteiger partial charge >= 0.3 is 0 Å². The lowest BCUT2D eigenvalue weighted by atomic mass is 10.00. The smallest absolute Gasteiger partial charge is 0.225 e. The Bertz CT molecular complexity index is 964. The average molecular weight is 443 g/mol. The minimum absolute atomic E-state index is 0.0173. The van der Waals surface area contributed by atoms with Crippen molar-refractivity contribution in [2.45, 2.75) is 41.6 Å². The van der Waals surface area contributed by atoms with Crippen molar-refractivity contribution in [2.24, 2.45) is 17.8 Å². The topological polar surface area (TPSA) is 84.4 Å². The number of ether oxygens (including phenoxy) is 1. The van der Waals surface area contributed by atoms with Crippen molar-refractivity contribution >= 4 is 15.7 Å². The SMILES string of the molecule is O=S(=O)(c1ccccc1)c1ccc(N[C@@H]2C[C@@H]3CN(CC4CCOCC4)C[C@@H]3C2)nn1. The summed E-state index contributed by atoms with van der Waals surface area (Å²) in [5, 5.41) is 11.6. The molecule has 2 aliphatic heterocycles. The Kier molecular flexibility index (Phi) is 5.95. The zero-order valence-corrected chi connectivity index (χ0v) is 18.5. The fourth-order valence-corrected chi connectivity index (χ4v) is 6.58. The molecular formula is C23H30N4O3S. The highest BCUT2D eigenvalue weighted by molar-refractivity contribution is 7.91. The third-order valence-corrected chi connectivity index (χ3v) is 8.67. The van der Waals surface area contributed by atoms with Gasteiger partial charge in [-0.05, 0) is 67.7 Å². The van der Waals surface area contributed by atoms with Gasteiger partial charge in [0.2, 0.25) is 9.84 Å². The van der Waals surface area contributed by atoms with Crippen molar-refractivity contribution in [3.05, 3.63) is 42.5 Å². The van der Waals surface area contributed by atoms with E-state index in [1.807, 2.05) is 0 Å². The lowest BCUT2D eigenvalue weighted by Gasteiger charge is -2.27. The Balaban J connectivity index is 1.15. The number of fused-ring (bicyclic) bond motifs is 1. The number of nitrogens with one attached hydrogen (secondary N) is 1. The predicted octanol–water partition coefficient (Wildman–Crippen LogP) is 2.86. The quantitative estimate of drug-likeness (QED) is 0.736. The number of aromatic nitrogens is 2. The third kappa shape index (κ3) is 4.61. The van der Waals surface area contributed by atoms with Crippen LogP contribution in [0.4, 0.5) is 5.82 Å². The highest BCUT2D eigenvalue weighted by Crippen LogP contribution is 2.39. The molecule has 31 heavy (non-hydrogen) atoms. The van der Waals surface area contributed by atoms with Crippen molar-refractivity contribution in [3.63, 3.8) is 0 Å². The monoisotopic (exact) mass is 442 g/mol. The van der Waals surface area contributed by atoms with Gasteiger partial charge in [0.25, 0.3) is 0 Å². The fraction of sp³-hybridized carbons (Fsp3) is 0.565. The molecule has 7 nitrogen and oxygen atoms in total. The first-order valence-corrected chi connectivity index (χ1v) is 12.8. The van der Waals surface area contributed by atoms with Crippen LogP contribution in [0.3, 0.4) is 0 Å². The van der Waals surface area contributed by atoms with Crippen molar-refractivity contribution in [1.82, 2.24) is 15.1 Å². The number of rotatable bonds is 6. The van der Waals surface area contributed by atoms with Crippen LogP contribution in [0.1, 0.15) is 25.7 Å². The molecule has 5 rings (SSSR count). The van der Waals surface area contributed by atoms with E-state index in [0.717, 1.165) is 43.8 Å². The Morgan fingerprint density at radius 1 is 0.968 bits per heavy atom. The van der Waals surface area contributed by atoms with Crippen molar-refractivity contribution in [1.29, 1.82) is 0 Å². The fourth-order valence-electron chi connectivity index (χ4n) is 5.43. The van der Waals surface area contributed by atoms with E-state index < -0.39 is 9.84 Å². The molecule has 0 unspecified atom stereocenters. The first kappa shape index (κ1) is 20.8. The number of hydrogen-bond donors (Lipinski definition) is 1. The van der Waals surface area contributed by atoms with Gasteiger partial charge < -0.3 is 15.0 Å². The molecule has 8 heteroatoms. The predicted molar refractivity (Wildman–Crippen MR) is 118 cm³/mol. The minimum atomic E-state index is -3.63. The van der Waals surface area contributed by atoms with E-state index in [1.54, 1.807) is 42.5 Å². The number of anilines is 1. The van der Waals surface area contributed by atoms with Crippen LogP contribution in [0.5, 0.6) is 0 Å². The largest absolute Gasteiger partial charge is 0.381 e. The maximum Gasteiger partial charge on any atom is 0.225 e. The molecule has 1 aromatic heterocycles. The van der Waals surface area contributed by atoms with Crippen LogP contribution in [0.2, 0.25) is 0 Å². The Hall–Kier alpha value is -2.03. The second-order valence-electron chi connectivity index (χ2n) is 9.18. The number of nitrogens with zero attached hydrogens (tertiary/aromatic N) is 3. The molecule has 1 aliphatic carbocycles. The zero-order chi connectivity index (χ0) is 21.3. The molecule has 0 amide bonds. The molecule has 3 heterocycles. The van der Waals surface area contributed by atoms with Gasteiger partial charge in [-0.3, -0.25) is 0 Å². The van der Waals surface area contributed by atoms with Crippen molar-refractivity contribution in [2.75, 3.05) is 38.2 Å². The molecule has 3 fully saturated rings. The zero-order valence-electron chi connectivity index (χ0n) is 17.7. The summed E-state index contributed by atoms with van der Waals surface area (Å²) < 4.78 is 30.8. The molecule has 3 aliphatic rings. The minimum Gasteiger partial charge on any atom is -0.381 e. The Morgan fingerprint density at radius 2 is 1.68 bits per heavy atom. The summed E-state index contributed by atoms with van der Waals surface area (Å²) in [7, 11) is -3.63. The highest BCUT2D eigenvalue weighted by atomic mass is 32.2. The molecule has 1 aromatic carbocycles. The lowest BCUT2D eigenvalue weighted by Crippen LogP contribution is -2.32. The summed E-state index contributed by atoms with van der Waals surface area (Å²) in [5.41, 5.74) is 0. The van der Waals surface area contributed by atoms with Crippen LogP contribution in [0.15, 0.2) is 52.4 Å². The van der Waals surface area contributed by atoms with Crippen LogP contribution >= 0.6 is 0 Å². The van der Waals surface area contributed by atoms with Crippen molar-refractivity contribution < 1.29 is 13.2 Å². The molecule has 3 atom stereocenters. The second kappa shape index (κ2) is 8.84. The molecule has 2 aromatic rings. The van der Waals surface area contributed by atoms with Crippen molar-refractivity contribution in [3.8, 4) is 0 Å². The Morgan fingerprint density at radius 3 is 2.32 bits per heavy atom. The molecule has 166 valence electrons. The van der Waals surface area contributed by atoms with Gasteiger partial charge in [-0.1, -0.05) is 18.2 Å². The summed E-state index contributed by atoms with van der Waals surface area (Å²) in [6.45, 7) is 5.45. The number of benzene rings is 1. The van der Waals surface area contributed by atoms with E-state index in [4.69, 9.17) is 4.74 Å². The van der Waals surface area contributed by atoms with Gasteiger partial charge in [0, 0.05) is 38.9 Å². The molecule has 2 saturated heterocycles. The first-order valence-electron chi connectivity index (χ1n) is 11.3. The highest BCUT2D eigenvalue weighted by Gasteiger charge is 2.41. The lowest BCUT2D eigenvalue weighted by molar-refractivity contribution is 0.0545.